The van der Waals surface area contributed by atoms with E-state index in [4.69, 9.17) is 0 Å². The predicted octanol–water partition coefficient (Wildman–Crippen LogP) is 4.54. The molecule has 0 amide bonds. The number of hydrogen-bond acceptors (Lipinski definition) is 1. The third-order valence-corrected chi connectivity index (χ3v) is 3.02. The molecule has 0 saturated heterocycles. The van der Waals surface area contributed by atoms with Gasteiger partial charge in [0, 0.05) is 5.56 Å². The van der Waals surface area contributed by atoms with Gasteiger partial charge in [0.15, 0.2) is 0 Å². The van der Waals surface area contributed by atoms with Crippen molar-refractivity contribution in [2.45, 2.75) is 46.0 Å². The molecule has 0 unspecified atom stereocenters. The van der Waals surface area contributed by atoms with Crippen molar-refractivity contribution in [2.24, 2.45) is 0 Å². The molecule has 1 aromatic carbocycles. The molecule has 0 saturated carbocycles. The zero-order chi connectivity index (χ0) is 13.9. The first kappa shape index (κ1) is 14.6. The predicted molar refractivity (Wildman–Crippen MR) is 79.2 cm³/mol. The number of hydrogen-bond donors (Lipinski definition) is 1. The third-order valence-electron chi connectivity index (χ3n) is 3.02. The second-order valence-electron chi connectivity index (χ2n) is 5.98. The van der Waals surface area contributed by atoms with Gasteiger partial charge in [0.2, 0.25) is 0 Å². The standard InChI is InChI=1S/C17H24O/c1-7-8-14-15(17(4,5)6)10-9-13(16(14)18)11-12(2)3/h7,9-10,18H,1-2,8,11H2,3-6H3. The Morgan fingerprint density at radius 3 is 2.39 bits per heavy atom. The topological polar surface area (TPSA) is 20.2 Å². The molecule has 1 aromatic rings. The van der Waals surface area contributed by atoms with E-state index in [1.807, 2.05) is 19.1 Å². The van der Waals surface area contributed by atoms with Crippen LogP contribution in [0.4, 0.5) is 0 Å². The van der Waals surface area contributed by atoms with E-state index in [-0.39, 0.29) is 5.41 Å². The molecule has 0 aliphatic carbocycles. The average Bonchev–Trinajstić information content (AvgIpc) is 2.22. The summed E-state index contributed by atoms with van der Waals surface area (Å²) in [5.41, 5.74) is 4.21. The van der Waals surface area contributed by atoms with Gasteiger partial charge in [-0.15, -0.1) is 6.58 Å². The maximum atomic E-state index is 10.4. The molecular weight excluding hydrogens is 220 g/mol. The lowest BCUT2D eigenvalue weighted by Crippen LogP contribution is -2.14. The van der Waals surface area contributed by atoms with Gasteiger partial charge in [-0.1, -0.05) is 51.1 Å². The van der Waals surface area contributed by atoms with E-state index in [0.717, 1.165) is 23.1 Å². The molecule has 0 aromatic heterocycles. The zero-order valence-corrected chi connectivity index (χ0v) is 12.0. The van der Waals surface area contributed by atoms with E-state index in [1.54, 1.807) is 0 Å². The fraction of sp³-hybridized carbons (Fsp3) is 0.412. The summed E-state index contributed by atoms with van der Waals surface area (Å²) in [5.74, 6) is 0.408. The Balaban J connectivity index is 3.37. The summed E-state index contributed by atoms with van der Waals surface area (Å²) in [7, 11) is 0. The van der Waals surface area contributed by atoms with Crippen LogP contribution in [0.1, 0.15) is 44.4 Å². The lowest BCUT2D eigenvalue weighted by Gasteiger charge is -2.24. The van der Waals surface area contributed by atoms with Crippen molar-refractivity contribution in [3.63, 3.8) is 0 Å². The van der Waals surface area contributed by atoms with E-state index in [9.17, 15) is 5.11 Å². The molecule has 18 heavy (non-hydrogen) atoms. The molecule has 0 radical (unpaired) electrons. The van der Waals surface area contributed by atoms with Crippen LogP contribution in [-0.2, 0) is 18.3 Å². The van der Waals surface area contributed by atoms with Crippen LogP contribution in [0.2, 0.25) is 0 Å². The largest absolute Gasteiger partial charge is 0.507 e. The second-order valence-corrected chi connectivity index (χ2v) is 5.98. The van der Waals surface area contributed by atoms with Crippen LogP contribution in [0.15, 0.2) is 36.9 Å². The minimum Gasteiger partial charge on any atom is -0.507 e. The second kappa shape index (κ2) is 5.43. The maximum absolute atomic E-state index is 10.4. The van der Waals surface area contributed by atoms with Gasteiger partial charge in [0.05, 0.1) is 0 Å². The van der Waals surface area contributed by atoms with Gasteiger partial charge in [-0.3, -0.25) is 0 Å². The van der Waals surface area contributed by atoms with Gasteiger partial charge in [0.1, 0.15) is 5.75 Å². The smallest absolute Gasteiger partial charge is 0.122 e. The Hall–Kier alpha value is -1.50. The maximum Gasteiger partial charge on any atom is 0.122 e. The summed E-state index contributed by atoms with van der Waals surface area (Å²) < 4.78 is 0. The highest BCUT2D eigenvalue weighted by Crippen LogP contribution is 2.35. The minimum absolute atomic E-state index is 0.0254. The van der Waals surface area contributed by atoms with Crippen molar-refractivity contribution in [3.05, 3.63) is 53.6 Å². The van der Waals surface area contributed by atoms with Crippen molar-refractivity contribution in [2.75, 3.05) is 0 Å². The van der Waals surface area contributed by atoms with E-state index in [2.05, 4.69) is 40.0 Å². The lowest BCUT2D eigenvalue weighted by atomic mass is 9.81. The highest BCUT2D eigenvalue weighted by molar-refractivity contribution is 5.49. The first-order valence-electron chi connectivity index (χ1n) is 6.37. The summed E-state index contributed by atoms with van der Waals surface area (Å²) in [6, 6.07) is 4.13. The van der Waals surface area contributed by atoms with Crippen molar-refractivity contribution >= 4 is 0 Å². The quantitative estimate of drug-likeness (QED) is 0.771. The van der Waals surface area contributed by atoms with Gasteiger partial charge in [-0.2, -0.15) is 0 Å². The Labute approximate surface area is 111 Å². The zero-order valence-electron chi connectivity index (χ0n) is 12.0. The Morgan fingerprint density at radius 1 is 1.33 bits per heavy atom. The van der Waals surface area contributed by atoms with E-state index >= 15 is 0 Å². The number of phenols is 1. The summed E-state index contributed by atoms with van der Waals surface area (Å²) in [6.07, 6.45) is 3.26. The van der Waals surface area contributed by atoms with Gasteiger partial charge >= 0.3 is 0 Å². The van der Waals surface area contributed by atoms with E-state index in [1.165, 1.54) is 5.56 Å². The van der Waals surface area contributed by atoms with Crippen LogP contribution in [0.3, 0.4) is 0 Å². The molecule has 1 rings (SSSR count). The summed E-state index contributed by atoms with van der Waals surface area (Å²) in [5, 5.41) is 10.4. The molecule has 0 atom stereocenters. The van der Waals surface area contributed by atoms with Gasteiger partial charge in [-0.05, 0) is 36.3 Å². The molecule has 0 fully saturated rings. The van der Waals surface area contributed by atoms with Crippen molar-refractivity contribution in [3.8, 4) is 5.75 Å². The number of rotatable bonds is 4. The van der Waals surface area contributed by atoms with E-state index in [0.29, 0.717) is 12.2 Å². The monoisotopic (exact) mass is 244 g/mol. The van der Waals surface area contributed by atoms with Gasteiger partial charge in [0.25, 0.3) is 0 Å². The highest BCUT2D eigenvalue weighted by atomic mass is 16.3. The Bertz CT molecular complexity index is 461. The fourth-order valence-corrected chi connectivity index (χ4v) is 2.21. The summed E-state index contributed by atoms with van der Waals surface area (Å²) in [6.45, 7) is 16.1. The molecule has 0 bridgehead atoms. The van der Waals surface area contributed by atoms with Crippen LogP contribution >= 0.6 is 0 Å². The molecule has 0 aliphatic heterocycles. The first-order valence-corrected chi connectivity index (χ1v) is 6.37. The third kappa shape index (κ3) is 3.25. The molecular formula is C17H24O. The molecule has 1 N–H and O–H groups in total. The minimum atomic E-state index is 0.0254. The normalized spacial score (nSPS) is 11.3. The fourth-order valence-electron chi connectivity index (χ4n) is 2.21. The molecule has 1 nitrogen and oxygen atoms in total. The van der Waals surface area contributed by atoms with Crippen LogP contribution in [0.5, 0.6) is 5.75 Å². The van der Waals surface area contributed by atoms with Crippen LogP contribution in [0, 0.1) is 0 Å². The van der Waals surface area contributed by atoms with E-state index < -0.39 is 0 Å². The van der Waals surface area contributed by atoms with Crippen molar-refractivity contribution < 1.29 is 5.11 Å². The van der Waals surface area contributed by atoms with Crippen LogP contribution < -0.4 is 0 Å². The molecule has 1 heteroatoms. The van der Waals surface area contributed by atoms with Gasteiger partial charge < -0.3 is 5.11 Å². The Kier molecular flexibility index (Phi) is 4.39. The number of benzene rings is 1. The molecule has 0 aliphatic rings. The lowest BCUT2D eigenvalue weighted by molar-refractivity contribution is 0.458. The summed E-state index contributed by atoms with van der Waals surface area (Å²) >= 11 is 0. The van der Waals surface area contributed by atoms with Crippen molar-refractivity contribution in [1.29, 1.82) is 0 Å². The van der Waals surface area contributed by atoms with Crippen molar-refractivity contribution in [1.82, 2.24) is 0 Å². The SMILES string of the molecule is C=CCc1c(C(C)(C)C)ccc(CC(=C)C)c1O. The van der Waals surface area contributed by atoms with Gasteiger partial charge in [-0.25, -0.2) is 0 Å². The number of aromatic hydroxyl groups is 1. The molecule has 98 valence electrons. The first-order chi connectivity index (χ1) is 8.27. The number of allylic oxidation sites excluding steroid dienone is 2. The highest BCUT2D eigenvalue weighted by Gasteiger charge is 2.21. The molecule has 0 spiro atoms. The Morgan fingerprint density at radius 2 is 1.94 bits per heavy atom. The summed E-state index contributed by atoms with van der Waals surface area (Å²) in [4.78, 5) is 0. The molecule has 0 heterocycles. The van der Waals surface area contributed by atoms with Crippen LogP contribution in [0.25, 0.3) is 0 Å². The number of phenolic OH excluding ortho intramolecular Hbond substituents is 1. The van der Waals surface area contributed by atoms with Crippen LogP contribution in [-0.4, -0.2) is 5.11 Å². The average molecular weight is 244 g/mol.